The van der Waals surface area contributed by atoms with Gasteiger partial charge >= 0.3 is 5.56 Å². The number of halogens is 2. The van der Waals surface area contributed by atoms with Crippen LogP contribution in [0.2, 0.25) is 10.0 Å². The quantitative estimate of drug-likeness (QED) is 0.638. The van der Waals surface area contributed by atoms with Crippen LogP contribution in [-0.2, 0) is 0 Å². The van der Waals surface area contributed by atoms with Crippen molar-refractivity contribution in [2.24, 2.45) is 0 Å². The first kappa shape index (κ1) is 8.43. The van der Waals surface area contributed by atoms with Crippen LogP contribution in [0.15, 0.2) is 11.0 Å². The van der Waals surface area contributed by atoms with Crippen LogP contribution in [0.5, 0.6) is 0 Å². The number of nitrogens with zero attached hydrogens (tertiary/aromatic N) is 1. The van der Waals surface area contributed by atoms with Gasteiger partial charge in [0.2, 0.25) is 0 Å². The molecule has 60 valence electrons. The number of aromatic nitrogens is 1. The molecule has 0 saturated heterocycles. The second kappa shape index (κ2) is 2.75. The van der Waals surface area contributed by atoms with Crippen LogP contribution >= 0.6 is 23.2 Å². The molecule has 0 aromatic carbocycles. The molecule has 11 heavy (non-hydrogen) atoms. The van der Waals surface area contributed by atoms with Crippen LogP contribution in [-0.4, -0.2) is 9.94 Å². The van der Waals surface area contributed by atoms with Crippen molar-refractivity contribution in [1.82, 2.24) is 4.73 Å². The summed E-state index contributed by atoms with van der Waals surface area (Å²) >= 11 is 11.1. The number of pyridine rings is 1. The first-order valence-electron chi connectivity index (χ1n) is 2.80. The van der Waals surface area contributed by atoms with E-state index in [1.54, 1.807) is 6.92 Å². The Morgan fingerprint density at radius 1 is 1.55 bits per heavy atom. The highest BCUT2D eigenvalue weighted by atomic mass is 35.5. The summed E-state index contributed by atoms with van der Waals surface area (Å²) in [6.45, 7) is 1.60. The Morgan fingerprint density at radius 2 is 2.09 bits per heavy atom. The molecule has 5 heteroatoms. The lowest BCUT2D eigenvalue weighted by Crippen LogP contribution is -2.18. The van der Waals surface area contributed by atoms with Gasteiger partial charge in [0.15, 0.2) is 0 Å². The van der Waals surface area contributed by atoms with Crippen LogP contribution in [0.1, 0.15) is 5.56 Å². The van der Waals surface area contributed by atoms with E-state index in [0.29, 0.717) is 10.3 Å². The second-order valence-corrected chi connectivity index (χ2v) is 2.85. The molecule has 0 bridgehead atoms. The summed E-state index contributed by atoms with van der Waals surface area (Å²) in [4.78, 5) is 10.9. The van der Waals surface area contributed by atoms with Crippen LogP contribution in [0.3, 0.4) is 0 Å². The Hall–Kier alpha value is -0.670. The SMILES string of the molecule is Cc1c(Cl)cn(O)c(=O)c1Cl. The van der Waals surface area contributed by atoms with E-state index >= 15 is 0 Å². The Balaban J connectivity index is 3.59. The first-order chi connectivity index (χ1) is 5.04. The van der Waals surface area contributed by atoms with Crippen LogP contribution in [0.4, 0.5) is 0 Å². The van der Waals surface area contributed by atoms with Gasteiger partial charge in [-0.1, -0.05) is 23.2 Å². The minimum absolute atomic E-state index is 0.0556. The summed E-state index contributed by atoms with van der Waals surface area (Å²) in [5.41, 5.74) is -0.183. The van der Waals surface area contributed by atoms with Gasteiger partial charge in [0.05, 0.1) is 11.2 Å². The molecule has 0 spiro atoms. The summed E-state index contributed by atoms with van der Waals surface area (Å²) in [6.07, 6.45) is 1.10. The molecule has 0 atom stereocenters. The van der Waals surface area contributed by atoms with Gasteiger partial charge in [-0.25, -0.2) is 0 Å². The topological polar surface area (TPSA) is 42.2 Å². The highest BCUT2D eigenvalue weighted by Gasteiger charge is 2.07. The van der Waals surface area contributed by atoms with E-state index in [1.807, 2.05) is 0 Å². The summed E-state index contributed by atoms with van der Waals surface area (Å²) in [6, 6.07) is 0. The fourth-order valence-electron chi connectivity index (χ4n) is 0.629. The standard InChI is InChI=1S/C6H5Cl2NO2/c1-3-4(7)2-9(11)6(10)5(3)8/h2,11H,1H3. The third-order valence-electron chi connectivity index (χ3n) is 1.32. The lowest BCUT2D eigenvalue weighted by atomic mass is 10.3. The Bertz CT molecular complexity index is 345. The smallest absolute Gasteiger partial charge is 0.301 e. The second-order valence-electron chi connectivity index (χ2n) is 2.07. The van der Waals surface area contributed by atoms with Crippen molar-refractivity contribution < 1.29 is 5.21 Å². The third kappa shape index (κ3) is 1.34. The summed E-state index contributed by atoms with van der Waals surface area (Å²) < 4.78 is 0.359. The van der Waals surface area contributed by atoms with Gasteiger partial charge in [-0.15, -0.1) is 0 Å². The lowest BCUT2D eigenvalue weighted by molar-refractivity contribution is 0.175. The zero-order valence-electron chi connectivity index (χ0n) is 5.64. The number of rotatable bonds is 0. The number of hydrogen-bond acceptors (Lipinski definition) is 2. The van der Waals surface area contributed by atoms with Crippen molar-refractivity contribution in [2.75, 3.05) is 0 Å². The predicted octanol–water partition coefficient (Wildman–Crippen LogP) is 1.70. The molecule has 1 N–H and O–H groups in total. The minimum atomic E-state index is -0.659. The molecule has 1 aromatic rings. The van der Waals surface area contributed by atoms with Gasteiger partial charge in [-0.2, -0.15) is 4.73 Å². The average molecular weight is 194 g/mol. The molecule has 1 heterocycles. The molecule has 0 fully saturated rings. The van der Waals surface area contributed by atoms with E-state index in [4.69, 9.17) is 28.4 Å². The minimum Gasteiger partial charge on any atom is -0.425 e. The van der Waals surface area contributed by atoms with Crippen LogP contribution < -0.4 is 5.56 Å². The van der Waals surface area contributed by atoms with Gasteiger partial charge in [0.25, 0.3) is 0 Å². The van der Waals surface area contributed by atoms with Crippen molar-refractivity contribution in [3.63, 3.8) is 0 Å². The van der Waals surface area contributed by atoms with Gasteiger partial charge in [0.1, 0.15) is 5.02 Å². The van der Waals surface area contributed by atoms with E-state index < -0.39 is 5.56 Å². The molecule has 0 aliphatic heterocycles. The predicted molar refractivity (Wildman–Crippen MR) is 42.6 cm³/mol. The molecular formula is C6H5Cl2NO2. The van der Waals surface area contributed by atoms with Crippen LogP contribution in [0, 0.1) is 6.92 Å². The maximum Gasteiger partial charge on any atom is 0.301 e. The first-order valence-corrected chi connectivity index (χ1v) is 3.56. The van der Waals surface area contributed by atoms with Crippen molar-refractivity contribution in [2.45, 2.75) is 6.92 Å². The number of hydrogen-bond donors (Lipinski definition) is 1. The van der Waals surface area contributed by atoms with Gasteiger partial charge in [0, 0.05) is 0 Å². The Labute approximate surface area is 72.7 Å². The lowest BCUT2D eigenvalue weighted by Gasteiger charge is -2.01. The molecule has 0 aliphatic rings. The zero-order valence-corrected chi connectivity index (χ0v) is 7.15. The van der Waals surface area contributed by atoms with Crippen LogP contribution in [0.25, 0.3) is 0 Å². The molecule has 0 unspecified atom stereocenters. The van der Waals surface area contributed by atoms with E-state index in [9.17, 15) is 4.79 Å². The highest BCUT2D eigenvalue weighted by molar-refractivity contribution is 6.35. The van der Waals surface area contributed by atoms with Crippen molar-refractivity contribution in [3.8, 4) is 0 Å². The fourth-order valence-corrected chi connectivity index (χ4v) is 1.05. The third-order valence-corrected chi connectivity index (χ3v) is 2.15. The summed E-state index contributed by atoms with van der Waals surface area (Å²) in [5.74, 6) is 0. The van der Waals surface area contributed by atoms with Crippen molar-refractivity contribution in [1.29, 1.82) is 0 Å². The van der Waals surface area contributed by atoms with Crippen molar-refractivity contribution >= 4 is 23.2 Å². The van der Waals surface area contributed by atoms with E-state index in [1.165, 1.54) is 0 Å². The summed E-state index contributed by atoms with van der Waals surface area (Å²) in [7, 11) is 0. The molecule has 3 nitrogen and oxygen atoms in total. The van der Waals surface area contributed by atoms with Gasteiger partial charge in [-0.05, 0) is 12.5 Å². The van der Waals surface area contributed by atoms with E-state index in [2.05, 4.69) is 0 Å². The largest absolute Gasteiger partial charge is 0.425 e. The molecule has 1 rings (SSSR count). The highest BCUT2D eigenvalue weighted by Crippen LogP contribution is 2.18. The fraction of sp³-hybridized carbons (Fsp3) is 0.167. The van der Waals surface area contributed by atoms with E-state index in [-0.39, 0.29) is 10.0 Å². The monoisotopic (exact) mass is 193 g/mol. The Morgan fingerprint density at radius 3 is 2.64 bits per heavy atom. The maximum atomic E-state index is 10.9. The molecule has 0 amide bonds. The van der Waals surface area contributed by atoms with Crippen molar-refractivity contribution in [3.05, 3.63) is 32.2 Å². The van der Waals surface area contributed by atoms with Gasteiger partial charge in [-0.3, -0.25) is 4.79 Å². The van der Waals surface area contributed by atoms with E-state index in [0.717, 1.165) is 6.20 Å². The normalized spacial score (nSPS) is 10.1. The Kier molecular flexibility index (Phi) is 2.11. The summed E-state index contributed by atoms with van der Waals surface area (Å²) in [5, 5.41) is 9.05. The van der Waals surface area contributed by atoms with Gasteiger partial charge < -0.3 is 5.21 Å². The average Bonchev–Trinajstić information content (AvgIpc) is 1.97. The molecule has 1 aromatic heterocycles. The molecular weight excluding hydrogens is 189 g/mol. The zero-order chi connectivity index (χ0) is 8.59. The maximum absolute atomic E-state index is 10.9. The molecule has 0 radical (unpaired) electrons. The molecule has 0 saturated carbocycles. The molecule has 0 aliphatic carbocycles.